The smallest absolute Gasteiger partial charge is 0.305 e. The van der Waals surface area contributed by atoms with Gasteiger partial charge in [0.2, 0.25) is 5.91 Å². The molecule has 0 aliphatic heterocycles. The molecule has 2 unspecified atom stereocenters. The summed E-state index contributed by atoms with van der Waals surface area (Å²) in [7, 11) is 0. The second-order valence-corrected chi connectivity index (χ2v) is 27.0. The third-order valence-corrected chi connectivity index (χ3v) is 18.6. The summed E-state index contributed by atoms with van der Waals surface area (Å²) in [5.41, 5.74) is 0. The topological polar surface area (TPSA) is 95.9 Å². The second kappa shape index (κ2) is 74.1. The average molecular weight is 1190 g/mol. The number of nitrogens with one attached hydrogen (secondary N) is 1. The Morgan fingerprint density at radius 1 is 0.321 bits per heavy atom. The van der Waals surface area contributed by atoms with Gasteiger partial charge in [-0.15, -0.1) is 0 Å². The molecule has 6 nitrogen and oxygen atoms in total. The van der Waals surface area contributed by atoms with E-state index in [4.69, 9.17) is 4.74 Å². The Labute approximate surface area is 527 Å². The van der Waals surface area contributed by atoms with Crippen LogP contribution in [0.5, 0.6) is 0 Å². The number of ether oxygens (including phenoxy) is 1. The summed E-state index contributed by atoms with van der Waals surface area (Å²) in [5.74, 6) is -0.00754. The summed E-state index contributed by atoms with van der Waals surface area (Å²) in [6.45, 7) is 5.01. The maximum Gasteiger partial charge on any atom is 0.305 e. The first kappa shape index (κ1) is 82.6. The lowest BCUT2D eigenvalue weighted by molar-refractivity contribution is -0.143. The van der Waals surface area contributed by atoms with Crippen molar-refractivity contribution in [1.82, 2.24) is 5.32 Å². The predicted molar refractivity (Wildman–Crippen MR) is 370 cm³/mol. The van der Waals surface area contributed by atoms with Crippen molar-refractivity contribution in [3.8, 4) is 0 Å². The Kier molecular flexibility index (Phi) is 72.8. The number of unbranched alkanes of at least 4 members (excludes halogenated alkanes) is 61. The monoisotopic (exact) mass is 1180 g/mol. The van der Waals surface area contributed by atoms with E-state index in [2.05, 4.69) is 31.3 Å². The van der Waals surface area contributed by atoms with Gasteiger partial charge in [0.25, 0.3) is 0 Å². The minimum Gasteiger partial charge on any atom is -0.466 e. The molecular weight excluding hydrogens is 1030 g/mol. The summed E-state index contributed by atoms with van der Waals surface area (Å²) in [5, 5.41) is 23.5. The van der Waals surface area contributed by atoms with E-state index in [1.165, 1.54) is 379 Å². The van der Waals surface area contributed by atoms with Gasteiger partial charge in [-0.05, 0) is 51.4 Å². The van der Waals surface area contributed by atoms with Crippen molar-refractivity contribution in [3.05, 3.63) is 12.2 Å². The molecule has 0 aliphatic rings. The molecule has 500 valence electrons. The number of carbonyl (C=O) groups is 2. The molecule has 0 bridgehead atoms. The van der Waals surface area contributed by atoms with Gasteiger partial charge in [0, 0.05) is 12.8 Å². The molecule has 0 saturated heterocycles. The van der Waals surface area contributed by atoms with Gasteiger partial charge in [0.05, 0.1) is 25.4 Å². The molecule has 0 spiro atoms. The van der Waals surface area contributed by atoms with Crippen LogP contribution in [-0.2, 0) is 14.3 Å². The van der Waals surface area contributed by atoms with Gasteiger partial charge in [-0.1, -0.05) is 398 Å². The van der Waals surface area contributed by atoms with Crippen LogP contribution in [0.4, 0.5) is 0 Å². The van der Waals surface area contributed by atoms with Crippen LogP contribution < -0.4 is 5.32 Å². The Balaban J connectivity index is 3.36. The van der Waals surface area contributed by atoms with Crippen LogP contribution in [0.25, 0.3) is 0 Å². The third kappa shape index (κ3) is 69.7. The van der Waals surface area contributed by atoms with E-state index in [0.717, 1.165) is 38.5 Å². The van der Waals surface area contributed by atoms with Gasteiger partial charge in [-0.25, -0.2) is 0 Å². The maximum absolute atomic E-state index is 12.6. The van der Waals surface area contributed by atoms with Crippen molar-refractivity contribution in [2.45, 2.75) is 463 Å². The summed E-state index contributed by atoms with van der Waals surface area (Å²) in [6.07, 6.45) is 92.9. The van der Waals surface area contributed by atoms with E-state index >= 15 is 0 Å². The highest BCUT2D eigenvalue weighted by molar-refractivity contribution is 5.76. The molecule has 0 aromatic carbocycles. The zero-order valence-corrected chi connectivity index (χ0v) is 57.4. The zero-order chi connectivity index (χ0) is 60.6. The van der Waals surface area contributed by atoms with Crippen molar-refractivity contribution in [2.24, 2.45) is 0 Å². The third-order valence-electron chi connectivity index (χ3n) is 18.6. The quantitative estimate of drug-likeness (QED) is 0.0320. The lowest BCUT2D eigenvalue weighted by Crippen LogP contribution is -2.45. The first-order valence-electron chi connectivity index (χ1n) is 38.9. The molecule has 0 rings (SSSR count). The van der Waals surface area contributed by atoms with Crippen LogP contribution in [0.1, 0.15) is 450 Å². The number of aliphatic hydroxyl groups excluding tert-OH is 2. The molecule has 0 aromatic heterocycles. The highest BCUT2D eigenvalue weighted by Crippen LogP contribution is 2.20. The first-order chi connectivity index (χ1) is 41.5. The van der Waals surface area contributed by atoms with Crippen LogP contribution in [0.15, 0.2) is 12.2 Å². The SMILES string of the molecule is CCCCCCCCCCCCCCCCCCCCCCCCCC(O)C(CO)NC(=O)CCCCCCCCCCCCCCC/C=C\CCCCCCCCCCCCCCOC(=O)CCCCCCCCCCCCCCCCC. The molecule has 2 atom stereocenters. The van der Waals surface area contributed by atoms with Gasteiger partial charge in [-0.2, -0.15) is 0 Å². The van der Waals surface area contributed by atoms with Gasteiger partial charge in [0.1, 0.15) is 0 Å². The van der Waals surface area contributed by atoms with Crippen LogP contribution in [-0.4, -0.2) is 47.4 Å². The fraction of sp³-hybridized carbons (Fsp3) is 0.949. The van der Waals surface area contributed by atoms with Gasteiger partial charge >= 0.3 is 5.97 Å². The molecule has 0 fully saturated rings. The molecule has 0 radical (unpaired) electrons. The van der Waals surface area contributed by atoms with Gasteiger partial charge < -0.3 is 20.3 Å². The maximum atomic E-state index is 12.6. The van der Waals surface area contributed by atoms with Crippen molar-refractivity contribution in [3.63, 3.8) is 0 Å². The minimum absolute atomic E-state index is 0.0207. The van der Waals surface area contributed by atoms with Crippen molar-refractivity contribution in [2.75, 3.05) is 13.2 Å². The summed E-state index contributed by atoms with van der Waals surface area (Å²) in [6, 6.07) is -0.542. The lowest BCUT2D eigenvalue weighted by atomic mass is 10.0. The van der Waals surface area contributed by atoms with Crippen molar-refractivity contribution in [1.29, 1.82) is 0 Å². The van der Waals surface area contributed by atoms with E-state index in [9.17, 15) is 19.8 Å². The molecule has 3 N–H and O–H groups in total. The average Bonchev–Trinajstić information content (AvgIpc) is 3.53. The number of esters is 1. The highest BCUT2D eigenvalue weighted by atomic mass is 16.5. The Hall–Kier alpha value is -1.40. The van der Waals surface area contributed by atoms with Crippen LogP contribution in [0, 0.1) is 0 Å². The van der Waals surface area contributed by atoms with Gasteiger partial charge in [-0.3, -0.25) is 9.59 Å². The minimum atomic E-state index is -0.665. The van der Waals surface area contributed by atoms with Crippen LogP contribution in [0.2, 0.25) is 0 Å². The molecule has 0 aliphatic carbocycles. The Morgan fingerprint density at radius 3 is 0.845 bits per heavy atom. The molecule has 0 saturated carbocycles. The fourth-order valence-corrected chi connectivity index (χ4v) is 12.6. The summed E-state index contributed by atoms with van der Waals surface area (Å²) >= 11 is 0. The van der Waals surface area contributed by atoms with E-state index < -0.39 is 12.1 Å². The Morgan fingerprint density at radius 2 is 0.560 bits per heavy atom. The first-order valence-corrected chi connectivity index (χ1v) is 38.9. The number of aliphatic hydroxyl groups is 2. The number of hydrogen-bond acceptors (Lipinski definition) is 5. The molecule has 6 heteroatoms. The van der Waals surface area contributed by atoms with Crippen molar-refractivity contribution >= 4 is 11.9 Å². The number of rotatable bonds is 74. The summed E-state index contributed by atoms with van der Waals surface area (Å²) < 4.78 is 5.50. The normalized spacial score (nSPS) is 12.5. The van der Waals surface area contributed by atoms with E-state index in [0.29, 0.717) is 25.9 Å². The predicted octanol–water partition coefficient (Wildman–Crippen LogP) is 25.5. The summed E-state index contributed by atoms with van der Waals surface area (Å²) in [4.78, 5) is 24.7. The number of carbonyl (C=O) groups excluding carboxylic acids is 2. The zero-order valence-electron chi connectivity index (χ0n) is 57.4. The number of amides is 1. The molecule has 0 heterocycles. The highest BCUT2D eigenvalue weighted by Gasteiger charge is 2.20. The standard InChI is InChI=1S/C78H153NO5/c1-3-5-7-9-11-13-15-17-19-20-21-22-30-33-36-39-43-46-50-54-58-62-66-70-76(81)75(74-80)79-77(82)71-67-63-59-55-51-47-44-40-37-34-31-28-26-24-23-25-27-29-32-35-38-41-45-49-53-57-61-65-69-73-84-78(83)72-68-64-60-56-52-48-42-18-16-14-12-10-8-6-4-2/h23,25,75-76,80-81H,3-22,24,26-74H2,1-2H3,(H,79,82)/b25-23-. The van der Waals surface area contributed by atoms with Crippen LogP contribution >= 0.6 is 0 Å². The molecule has 1 amide bonds. The van der Waals surface area contributed by atoms with Crippen molar-refractivity contribution < 1.29 is 24.5 Å². The lowest BCUT2D eigenvalue weighted by Gasteiger charge is -2.22. The van der Waals surface area contributed by atoms with E-state index in [-0.39, 0.29) is 18.5 Å². The fourth-order valence-electron chi connectivity index (χ4n) is 12.6. The molecular formula is C78H153NO5. The number of hydrogen-bond donors (Lipinski definition) is 3. The second-order valence-electron chi connectivity index (χ2n) is 27.0. The van der Waals surface area contributed by atoms with Crippen LogP contribution in [0.3, 0.4) is 0 Å². The Bertz CT molecular complexity index is 1270. The van der Waals surface area contributed by atoms with E-state index in [1.807, 2.05) is 0 Å². The van der Waals surface area contributed by atoms with E-state index in [1.54, 1.807) is 0 Å². The molecule has 0 aromatic rings. The number of allylic oxidation sites excluding steroid dienone is 2. The van der Waals surface area contributed by atoms with Gasteiger partial charge in [0.15, 0.2) is 0 Å². The largest absolute Gasteiger partial charge is 0.466 e. The molecule has 84 heavy (non-hydrogen) atoms.